The highest BCUT2D eigenvalue weighted by Crippen LogP contribution is 2.23. The minimum absolute atomic E-state index is 0.175. The predicted molar refractivity (Wildman–Crippen MR) is 101 cm³/mol. The Balaban J connectivity index is 1.66. The highest BCUT2D eigenvalue weighted by molar-refractivity contribution is 7.71. The molecule has 0 aliphatic carbocycles. The zero-order valence-electron chi connectivity index (χ0n) is 14.9. The third-order valence-electron chi connectivity index (χ3n) is 5.22. The van der Waals surface area contributed by atoms with E-state index in [1.165, 1.54) is 31.4 Å². The lowest BCUT2D eigenvalue weighted by Gasteiger charge is -2.25. The second-order valence-corrected chi connectivity index (χ2v) is 7.54. The molecule has 7 heteroatoms. The molecule has 0 radical (unpaired) electrons. The third kappa shape index (κ3) is 3.89. The van der Waals surface area contributed by atoms with Gasteiger partial charge in [-0.2, -0.15) is 5.10 Å². The van der Waals surface area contributed by atoms with Gasteiger partial charge in [0.25, 0.3) is 0 Å². The molecule has 0 saturated carbocycles. The van der Waals surface area contributed by atoms with Crippen LogP contribution in [0.2, 0.25) is 0 Å². The van der Waals surface area contributed by atoms with Crippen molar-refractivity contribution < 1.29 is 9.13 Å². The normalized spacial score (nSPS) is 21.3. The molecule has 26 heavy (non-hydrogen) atoms. The fraction of sp³-hybridized carbons (Fsp3) is 0.579. The Morgan fingerprint density at radius 3 is 2.58 bits per heavy atom. The molecule has 3 heterocycles. The van der Waals surface area contributed by atoms with Crippen molar-refractivity contribution in [2.45, 2.75) is 51.4 Å². The van der Waals surface area contributed by atoms with Crippen LogP contribution in [0.5, 0.6) is 0 Å². The number of halogens is 1. The Morgan fingerprint density at radius 2 is 1.88 bits per heavy atom. The fourth-order valence-electron chi connectivity index (χ4n) is 3.79. The van der Waals surface area contributed by atoms with Gasteiger partial charge in [0.15, 0.2) is 10.6 Å². The van der Waals surface area contributed by atoms with Crippen molar-refractivity contribution in [3.8, 4) is 11.4 Å². The molecule has 0 bridgehead atoms. The topological polar surface area (TPSA) is 35.2 Å². The van der Waals surface area contributed by atoms with Crippen LogP contribution in [-0.4, -0.2) is 45.0 Å². The summed E-state index contributed by atoms with van der Waals surface area (Å²) < 4.78 is 23.8. The molecule has 0 unspecified atom stereocenters. The van der Waals surface area contributed by atoms with E-state index < -0.39 is 0 Å². The number of rotatable bonds is 5. The Bertz CT molecular complexity index is 789. The van der Waals surface area contributed by atoms with Crippen LogP contribution < -0.4 is 0 Å². The fourth-order valence-corrected chi connectivity index (χ4v) is 4.05. The van der Waals surface area contributed by atoms with Crippen molar-refractivity contribution in [2.24, 2.45) is 0 Å². The van der Waals surface area contributed by atoms with Gasteiger partial charge in [-0.3, -0.25) is 9.47 Å². The number of benzene rings is 1. The maximum atomic E-state index is 13.3. The first-order chi connectivity index (χ1) is 12.7. The van der Waals surface area contributed by atoms with E-state index in [1.807, 2.05) is 4.68 Å². The molecule has 1 aromatic carbocycles. The summed E-state index contributed by atoms with van der Waals surface area (Å²) in [7, 11) is 0. The third-order valence-corrected chi connectivity index (χ3v) is 5.65. The quantitative estimate of drug-likeness (QED) is 0.743. The zero-order valence-corrected chi connectivity index (χ0v) is 15.8. The molecule has 140 valence electrons. The van der Waals surface area contributed by atoms with Crippen LogP contribution in [0.25, 0.3) is 11.4 Å². The number of hydrogen-bond donors (Lipinski definition) is 0. The minimum atomic E-state index is -0.245. The molecule has 2 saturated heterocycles. The van der Waals surface area contributed by atoms with Gasteiger partial charge >= 0.3 is 0 Å². The van der Waals surface area contributed by atoms with E-state index >= 15 is 0 Å². The molecular formula is C19H25FN4OS. The van der Waals surface area contributed by atoms with Gasteiger partial charge < -0.3 is 4.74 Å². The number of likely N-dealkylation sites (tertiary alicyclic amines) is 1. The first-order valence-corrected chi connectivity index (χ1v) is 9.89. The molecular weight excluding hydrogens is 351 g/mol. The summed E-state index contributed by atoms with van der Waals surface area (Å²) in [5.41, 5.74) is 0.882. The van der Waals surface area contributed by atoms with E-state index in [9.17, 15) is 4.39 Å². The van der Waals surface area contributed by atoms with Crippen LogP contribution in [-0.2, 0) is 18.0 Å². The van der Waals surface area contributed by atoms with E-state index in [2.05, 4.69) is 9.47 Å². The molecule has 0 amide bonds. The maximum absolute atomic E-state index is 13.3. The van der Waals surface area contributed by atoms with Crippen molar-refractivity contribution in [1.82, 2.24) is 19.2 Å². The first kappa shape index (κ1) is 17.8. The van der Waals surface area contributed by atoms with Crippen molar-refractivity contribution >= 4 is 12.2 Å². The molecule has 2 fully saturated rings. The zero-order chi connectivity index (χ0) is 17.9. The van der Waals surface area contributed by atoms with Gasteiger partial charge in [0.1, 0.15) is 5.82 Å². The number of piperidine rings is 1. The lowest BCUT2D eigenvalue weighted by Crippen LogP contribution is -2.32. The molecule has 4 rings (SSSR count). The van der Waals surface area contributed by atoms with Crippen LogP contribution >= 0.6 is 12.2 Å². The number of aromatic nitrogens is 3. The molecule has 1 atom stereocenters. The van der Waals surface area contributed by atoms with Crippen LogP contribution in [0.15, 0.2) is 24.3 Å². The van der Waals surface area contributed by atoms with Gasteiger partial charge in [-0.15, -0.1) is 0 Å². The number of ether oxygens (including phenoxy) is 1. The monoisotopic (exact) mass is 376 g/mol. The van der Waals surface area contributed by atoms with Crippen LogP contribution in [0.4, 0.5) is 4.39 Å². The summed E-state index contributed by atoms with van der Waals surface area (Å²) in [6.45, 7) is 4.40. The van der Waals surface area contributed by atoms with Gasteiger partial charge in [0, 0.05) is 12.2 Å². The predicted octanol–water partition coefficient (Wildman–Crippen LogP) is 3.84. The number of nitrogens with zero attached hydrogens (tertiary/aromatic N) is 4. The van der Waals surface area contributed by atoms with Crippen molar-refractivity contribution in [1.29, 1.82) is 0 Å². The van der Waals surface area contributed by atoms with Crippen LogP contribution in [0, 0.1) is 10.6 Å². The smallest absolute Gasteiger partial charge is 0.199 e. The van der Waals surface area contributed by atoms with Gasteiger partial charge in [-0.05, 0) is 75.3 Å². The molecule has 1 aromatic heterocycles. The maximum Gasteiger partial charge on any atom is 0.199 e. The van der Waals surface area contributed by atoms with E-state index in [4.69, 9.17) is 22.1 Å². The summed E-state index contributed by atoms with van der Waals surface area (Å²) in [6, 6.07) is 6.48. The van der Waals surface area contributed by atoms with Crippen LogP contribution in [0.3, 0.4) is 0 Å². The van der Waals surface area contributed by atoms with Gasteiger partial charge in [0.2, 0.25) is 0 Å². The summed E-state index contributed by atoms with van der Waals surface area (Å²) >= 11 is 5.75. The van der Waals surface area contributed by atoms with Gasteiger partial charge in [0.05, 0.1) is 19.3 Å². The molecule has 0 N–H and O–H groups in total. The summed E-state index contributed by atoms with van der Waals surface area (Å²) in [5.74, 6) is 0.549. The molecule has 5 nitrogen and oxygen atoms in total. The summed E-state index contributed by atoms with van der Waals surface area (Å²) in [6.07, 6.45) is 6.07. The highest BCUT2D eigenvalue weighted by atomic mass is 32.1. The lowest BCUT2D eigenvalue weighted by molar-refractivity contribution is 0.0966. The lowest BCUT2D eigenvalue weighted by atomic mass is 10.1. The van der Waals surface area contributed by atoms with E-state index in [1.54, 1.807) is 12.1 Å². The molecule has 2 aliphatic heterocycles. The number of hydrogen-bond acceptors (Lipinski definition) is 4. The summed E-state index contributed by atoms with van der Waals surface area (Å²) in [4.78, 5) is 2.40. The SMILES string of the molecule is Fc1ccc(-c2nn(CN3CCCCC3)c(=S)n2C[C@@H]2CCCO2)cc1. The van der Waals surface area contributed by atoms with E-state index in [0.717, 1.165) is 43.9 Å². The Labute approximate surface area is 158 Å². The van der Waals surface area contributed by atoms with E-state index in [-0.39, 0.29) is 11.9 Å². The Morgan fingerprint density at radius 1 is 1.12 bits per heavy atom. The van der Waals surface area contributed by atoms with Crippen molar-refractivity contribution in [3.05, 3.63) is 34.9 Å². The Kier molecular flexibility index (Phi) is 5.47. The molecule has 2 aliphatic rings. The standard InChI is InChI=1S/C19H25FN4OS/c20-16-8-6-15(7-9-16)18-21-24(14-22-10-2-1-3-11-22)19(26)23(18)13-17-5-4-12-25-17/h6-9,17H,1-5,10-14H2/t17-/m0/s1. The van der Waals surface area contributed by atoms with Crippen molar-refractivity contribution in [3.63, 3.8) is 0 Å². The Hall–Kier alpha value is -1.57. The largest absolute Gasteiger partial charge is 0.376 e. The molecule has 0 spiro atoms. The average molecular weight is 377 g/mol. The van der Waals surface area contributed by atoms with E-state index in [0.29, 0.717) is 18.0 Å². The second-order valence-electron chi connectivity index (χ2n) is 7.18. The van der Waals surface area contributed by atoms with Crippen LogP contribution in [0.1, 0.15) is 32.1 Å². The minimum Gasteiger partial charge on any atom is -0.376 e. The van der Waals surface area contributed by atoms with Gasteiger partial charge in [-0.1, -0.05) is 6.42 Å². The van der Waals surface area contributed by atoms with Crippen molar-refractivity contribution in [2.75, 3.05) is 19.7 Å². The second kappa shape index (κ2) is 7.98. The average Bonchev–Trinajstić information content (AvgIpc) is 3.27. The first-order valence-electron chi connectivity index (χ1n) is 9.48. The highest BCUT2D eigenvalue weighted by Gasteiger charge is 2.21. The summed E-state index contributed by atoms with van der Waals surface area (Å²) in [5, 5.41) is 4.80. The molecule has 2 aromatic rings. The van der Waals surface area contributed by atoms with Gasteiger partial charge in [-0.25, -0.2) is 9.07 Å².